The molecule has 1 aromatic carbocycles. The summed E-state index contributed by atoms with van der Waals surface area (Å²) in [5.41, 5.74) is 2.14. The lowest BCUT2D eigenvalue weighted by Crippen LogP contribution is -2.35. The van der Waals surface area contributed by atoms with Crippen LogP contribution < -0.4 is 5.32 Å². The molecule has 20 heavy (non-hydrogen) atoms. The van der Waals surface area contributed by atoms with Crippen LogP contribution in [0.2, 0.25) is 0 Å². The summed E-state index contributed by atoms with van der Waals surface area (Å²) in [4.78, 5) is 11.4. The van der Waals surface area contributed by atoms with Crippen LogP contribution in [-0.4, -0.2) is 34.8 Å². The second kappa shape index (κ2) is 7.55. The van der Waals surface area contributed by atoms with Crippen LogP contribution in [-0.2, 0) is 33.3 Å². The van der Waals surface area contributed by atoms with Crippen LogP contribution in [0.5, 0.6) is 0 Å². The molecule has 1 aromatic rings. The molecule has 0 spiro atoms. The van der Waals surface area contributed by atoms with Crippen molar-refractivity contribution in [2.75, 3.05) is 18.6 Å². The summed E-state index contributed by atoms with van der Waals surface area (Å²) in [5.74, 6) is 1.37. The zero-order valence-electron chi connectivity index (χ0n) is 11.8. The maximum absolute atomic E-state index is 11.4. The topological polar surface area (TPSA) is 55.4 Å². The summed E-state index contributed by atoms with van der Waals surface area (Å²) in [7, 11) is 0.784. The van der Waals surface area contributed by atoms with Crippen LogP contribution in [0.25, 0.3) is 0 Å². The largest absolute Gasteiger partial charge is 0.469 e. The lowest BCUT2D eigenvalue weighted by Gasteiger charge is -2.23. The molecule has 1 fully saturated rings. The Kier molecular flexibility index (Phi) is 5.73. The van der Waals surface area contributed by atoms with Crippen LogP contribution >= 0.6 is 0 Å². The third-order valence-corrected chi connectivity index (χ3v) is 5.03. The maximum atomic E-state index is 11.4. The van der Waals surface area contributed by atoms with Crippen molar-refractivity contribution in [3.05, 3.63) is 35.4 Å². The Morgan fingerprint density at radius 2 is 1.95 bits per heavy atom. The summed E-state index contributed by atoms with van der Waals surface area (Å²) in [6.07, 6.45) is 2.24. The highest BCUT2D eigenvalue weighted by Gasteiger charge is 2.17. The molecule has 1 aliphatic rings. The van der Waals surface area contributed by atoms with Crippen LogP contribution in [0.1, 0.15) is 24.0 Å². The molecule has 0 radical (unpaired) electrons. The number of rotatable bonds is 5. The predicted octanol–water partition coefficient (Wildman–Crippen LogP) is 1.40. The molecule has 0 aromatic heterocycles. The Morgan fingerprint density at radius 3 is 2.60 bits per heavy atom. The normalized spacial score (nSPS) is 22.4. The minimum Gasteiger partial charge on any atom is -0.469 e. The molecule has 1 aliphatic heterocycles. The number of methoxy groups -OCH3 is 1. The number of benzene rings is 1. The maximum Gasteiger partial charge on any atom is 0.309 e. The molecule has 110 valence electrons. The Balaban J connectivity index is 1.92. The van der Waals surface area contributed by atoms with Crippen molar-refractivity contribution in [2.24, 2.45) is 0 Å². The number of carbonyl (C=O) groups is 1. The lowest BCUT2D eigenvalue weighted by molar-refractivity contribution is -0.139. The van der Waals surface area contributed by atoms with Crippen molar-refractivity contribution in [1.29, 1.82) is 0 Å². The Labute approximate surface area is 122 Å². The van der Waals surface area contributed by atoms with Crippen molar-refractivity contribution >= 4 is 16.8 Å². The average molecular weight is 295 g/mol. The minimum absolute atomic E-state index is 0.217. The van der Waals surface area contributed by atoms with Gasteiger partial charge in [0, 0.05) is 34.9 Å². The monoisotopic (exact) mass is 295 g/mol. The quantitative estimate of drug-likeness (QED) is 0.834. The summed E-state index contributed by atoms with van der Waals surface area (Å²) in [5, 5.41) is 3.50. The highest BCUT2D eigenvalue weighted by molar-refractivity contribution is 7.85. The van der Waals surface area contributed by atoms with Crippen LogP contribution in [0, 0.1) is 0 Å². The van der Waals surface area contributed by atoms with Crippen LogP contribution in [0.4, 0.5) is 0 Å². The van der Waals surface area contributed by atoms with E-state index in [1.165, 1.54) is 7.11 Å². The van der Waals surface area contributed by atoms with E-state index in [0.29, 0.717) is 12.5 Å². The van der Waals surface area contributed by atoms with E-state index < -0.39 is 10.8 Å². The Morgan fingerprint density at radius 1 is 1.30 bits per heavy atom. The number of carbonyl (C=O) groups excluding carboxylic acids is 1. The van der Waals surface area contributed by atoms with Crippen molar-refractivity contribution in [3.8, 4) is 0 Å². The zero-order valence-corrected chi connectivity index (χ0v) is 12.6. The molecule has 0 unspecified atom stereocenters. The second-order valence-electron chi connectivity index (χ2n) is 5.02. The van der Waals surface area contributed by atoms with E-state index in [-0.39, 0.29) is 5.97 Å². The van der Waals surface area contributed by atoms with Crippen molar-refractivity contribution in [2.45, 2.75) is 31.8 Å². The van der Waals surface area contributed by atoms with E-state index >= 15 is 0 Å². The van der Waals surface area contributed by atoms with Gasteiger partial charge in [-0.1, -0.05) is 24.3 Å². The smallest absolute Gasteiger partial charge is 0.309 e. The molecule has 0 saturated carbocycles. The molecule has 4 nitrogen and oxygen atoms in total. The first-order valence-electron chi connectivity index (χ1n) is 6.91. The molecular weight excluding hydrogens is 274 g/mol. The van der Waals surface area contributed by atoms with Gasteiger partial charge in [-0.15, -0.1) is 0 Å². The van der Waals surface area contributed by atoms with Gasteiger partial charge in [0.25, 0.3) is 0 Å². The Bertz CT molecular complexity index is 480. The number of hydrogen-bond acceptors (Lipinski definition) is 4. The number of nitrogens with one attached hydrogen (secondary N) is 1. The second-order valence-corrected chi connectivity index (χ2v) is 6.72. The van der Waals surface area contributed by atoms with Gasteiger partial charge in [-0.25, -0.2) is 0 Å². The van der Waals surface area contributed by atoms with Gasteiger partial charge >= 0.3 is 5.97 Å². The molecule has 5 heteroatoms. The van der Waals surface area contributed by atoms with Gasteiger partial charge in [0.15, 0.2) is 0 Å². The molecular formula is C15H21NO3S. The van der Waals surface area contributed by atoms with Crippen molar-refractivity contribution < 1.29 is 13.7 Å². The fourth-order valence-electron chi connectivity index (χ4n) is 2.38. The molecule has 1 N–H and O–H groups in total. The fourth-order valence-corrected chi connectivity index (χ4v) is 3.68. The minimum atomic E-state index is -0.624. The Hall–Kier alpha value is -1.20. The fraction of sp³-hybridized carbons (Fsp3) is 0.533. The molecule has 0 atom stereocenters. The molecule has 0 amide bonds. The first kappa shape index (κ1) is 15.2. The number of esters is 1. The van der Waals surface area contributed by atoms with Gasteiger partial charge in [-0.3, -0.25) is 9.00 Å². The first-order chi connectivity index (χ1) is 9.69. The van der Waals surface area contributed by atoms with Crippen molar-refractivity contribution in [1.82, 2.24) is 5.32 Å². The van der Waals surface area contributed by atoms with E-state index in [4.69, 9.17) is 4.74 Å². The third kappa shape index (κ3) is 4.42. The van der Waals surface area contributed by atoms with Gasteiger partial charge in [0.1, 0.15) is 0 Å². The van der Waals surface area contributed by atoms with Gasteiger partial charge < -0.3 is 10.1 Å². The molecule has 0 bridgehead atoms. The van der Waals surface area contributed by atoms with E-state index in [1.807, 2.05) is 24.3 Å². The summed E-state index contributed by atoms with van der Waals surface area (Å²) >= 11 is 0. The van der Waals surface area contributed by atoms with Crippen LogP contribution in [0.15, 0.2) is 24.3 Å². The molecule has 1 saturated heterocycles. The van der Waals surface area contributed by atoms with E-state index in [2.05, 4.69) is 5.32 Å². The number of ether oxygens (including phenoxy) is 1. The molecule has 1 heterocycles. The standard InChI is InChI=1S/C15H21NO3S/c1-19-15(17)10-12-4-2-3-5-13(12)11-16-14-6-8-20(18)9-7-14/h2-5,14,16H,6-11H2,1H3. The van der Waals surface area contributed by atoms with Gasteiger partial charge in [-0.2, -0.15) is 0 Å². The lowest BCUT2D eigenvalue weighted by atomic mass is 10.0. The third-order valence-electron chi connectivity index (χ3n) is 3.65. The van der Waals surface area contributed by atoms with E-state index in [9.17, 15) is 9.00 Å². The SMILES string of the molecule is COC(=O)Cc1ccccc1CNC1CCS(=O)CC1. The average Bonchev–Trinajstić information content (AvgIpc) is 2.48. The summed E-state index contributed by atoms with van der Waals surface area (Å²) in [6.45, 7) is 0.741. The molecule has 0 aliphatic carbocycles. The van der Waals surface area contributed by atoms with Gasteiger partial charge in [-0.05, 0) is 24.0 Å². The highest BCUT2D eigenvalue weighted by atomic mass is 32.2. The highest BCUT2D eigenvalue weighted by Crippen LogP contribution is 2.13. The first-order valence-corrected chi connectivity index (χ1v) is 8.40. The van der Waals surface area contributed by atoms with Gasteiger partial charge in [0.2, 0.25) is 0 Å². The summed E-state index contributed by atoms with van der Waals surface area (Å²) in [6, 6.07) is 8.34. The summed E-state index contributed by atoms with van der Waals surface area (Å²) < 4.78 is 16.0. The van der Waals surface area contributed by atoms with E-state index in [1.54, 1.807) is 0 Å². The molecule has 2 rings (SSSR count). The van der Waals surface area contributed by atoms with E-state index in [0.717, 1.165) is 42.0 Å². The van der Waals surface area contributed by atoms with Crippen LogP contribution in [0.3, 0.4) is 0 Å². The zero-order chi connectivity index (χ0) is 14.4. The van der Waals surface area contributed by atoms with Gasteiger partial charge in [0.05, 0.1) is 13.5 Å². The van der Waals surface area contributed by atoms with Crippen molar-refractivity contribution in [3.63, 3.8) is 0 Å². The number of hydrogen-bond donors (Lipinski definition) is 1. The predicted molar refractivity (Wildman–Crippen MR) is 79.9 cm³/mol.